The quantitative estimate of drug-likeness (QED) is 0.219. The molecule has 5 N–H and O–H groups in total. The average Bonchev–Trinajstić information content (AvgIpc) is 3.35. The summed E-state index contributed by atoms with van der Waals surface area (Å²) >= 11 is 0. The molecule has 0 aromatic rings. The minimum Gasteiger partial charge on any atom is -0.481 e. The van der Waals surface area contributed by atoms with Crippen molar-refractivity contribution in [2.45, 2.75) is 89.6 Å². The van der Waals surface area contributed by atoms with Gasteiger partial charge in [0.15, 0.2) is 0 Å². The summed E-state index contributed by atoms with van der Waals surface area (Å²) in [4.78, 5) is 62.4. The van der Waals surface area contributed by atoms with E-state index in [1.807, 2.05) is 0 Å². The molecule has 2 fully saturated rings. The van der Waals surface area contributed by atoms with Crippen LogP contribution < -0.4 is 16.0 Å². The normalized spacial score (nSPS) is 18.2. The van der Waals surface area contributed by atoms with Crippen LogP contribution in [0.5, 0.6) is 0 Å². The first-order valence-corrected chi connectivity index (χ1v) is 13.2. The lowest BCUT2D eigenvalue weighted by Crippen LogP contribution is -2.54. The zero-order valence-corrected chi connectivity index (χ0v) is 21.3. The fourth-order valence-corrected chi connectivity index (χ4v) is 5.12. The lowest BCUT2D eigenvalue weighted by atomic mass is 9.92. The number of carbonyl (C=O) groups is 5. The molecule has 204 valence electrons. The molecule has 0 aromatic heterocycles. The fourth-order valence-electron chi connectivity index (χ4n) is 5.12. The van der Waals surface area contributed by atoms with Crippen LogP contribution in [0.3, 0.4) is 0 Å². The molecule has 36 heavy (non-hydrogen) atoms. The van der Waals surface area contributed by atoms with Crippen LogP contribution in [0, 0.1) is 11.8 Å². The Morgan fingerprint density at radius 2 is 1.61 bits per heavy atom. The van der Waals surface area contributed by atoms with Crippen molar-refractivity contribution in [3.05, 3.63) is 0 Å². The molecule has 11 nitrogen and oxygen atoms in total. The van der Waals surface area contributed by atoms with Crippen LogP contribution in [0.25, 0.3) is 0 Å². The standard InChI is InChI=1S/C25H42N4O7/c1-2-29(22(31)9-5-8-17-10-12-26-13-11-17)16-21(30)27-19(15-23(32)33)24(34)28-20(25(35)36)14-18-6-3-4-7-18/h17-20,26H,2-16H2,1H3,(H,27,30)(H,28,34)(H,32,33)(H,35,36)/t19-,20+/m0/s1. The molecule has 0 bridgehead atoms. The van der Waals surface area contributed by atoms with Gasteiger partial charge in [-0.2, -0.15) is 0 Å². The first-order valence-electron chi connectivity index (χ1n) is 13.2. The molecule has 1 saturated heterocycles. The van der Waals surface area contributed by atoms with Crippen LogP contribution in [0.4, 0.5) is 0 Å². The van der Waals surface area contributed by atoms with E-state index in [0.717, 1.165) is 64.5 Å². The first kappa shape index (κ1) is 29.5. The topological polar surface area (TPSA) is 165 Å². The smallest absolute Gasteiger partial charge is 0.326 e. The zero-order chi connectivity index (χ0) is 26.5. The second-order valence-electron chi connectivity index (χ2n) is 10.00. The monoisotopic (exact) mass is 510 g/mol. The van der Waals surface area contributed by atoms with E-state index >= 15 is 0 Å². The van der Waals surface area contributed by atoms with Crippen molar-refractivity contribution in [1.29, 1.82) is 0 Å². The van der Waals surface area contributed by atoms with Crippen molar-refractivity contribution in [3.8, 4) is 0 Å². The number of carboxylic acid groups (broad SMARTS) is 2. The number of carboxylic acids is 2. The van der Waals surface area contributed by atoms with Crippen LogP contribution in [0.1, 0.15) is 77.6 Å². The third-order valence-corrected chi connectivity index (χ3v) is 7.22. The van der Waals surface area contributed by atoms with Gasteiger partial charge >= 0.3 is 11.9 Å². The predicted molar refractivity (Wildman–Crippen MR) is 132 cm³/mol. The van der Waals surface area contributed by atoms with Crippen molar-refractivity contribution < 1.29 is 34.2 Å². The van der Waals surface area contributed by atoms with E-state index in [-0.39, 0.29) is 24.8 Å². The fraction of sp³-hybridized carbons (Fsp3) is 0.800. The van der Waals surface area contributed by atoms with Gasteiger partial charge in [0.25, 0.3) is 0 Å². The van der Waals surface area contributed by atoms with Gasteiger partial charge in [-0.1, -0.05) is 25.7 Å². The molecule has 2 rings (SSSR count). The minimum atomic E-state index is -1.44. The summed E-state index contributed by atoms with van der Waals surface area (Å²) in [6.45, 7) is 3.76. The molecular weight excluding hydrogens is 468 g/mol. The Morgan fingerprint density at radius 3 is 2.19 bits per heavy atom. The zero-order valence-electron chi connectivity index (χ0n) is 21.3. The maximum absolute atomic E-state index is 12.7. The molecule has 1 aliphatic heterocycles. The average molecular weight is 511 g/mol. The van der Waals surface area contributed by atoms with Crippen LogP contribution in [-0.2, 0) is 24.0 Å². The number of aliphatic carboxylic acids is 2. The maximum Gasteiger partial charge on any atom is 0.326 e. The number of hydrogen-bond donors (Lipinski definition) is 5. The van der Waals surface area contributed by atoms with Gasteiger partial charge in [-0.15, -0.1) is 0 Å². The molecule has 0 radical (unpaired) electrons. The van der Waals surface area contributed by atoms with Gasteiger partial charge < -0.3 is 31.1 Å². The van der Waals surface area contributed by atoms with E-state index in [2.05, 4.69) is 16.0 Å². The van der Waals surface area contributed by atoms with E-state index in [1.165, 1.54) is 4.90 Å². The molecular formula is C25H42N4O7. The molecule has 1 saturated carbocycles. The van der Waals surface area contributed by atoms with E-state index in [1.54, 1.807) is 6.92 Å². The second-order valence-corrected chi connectivity index (χ2v) is 10.00. The van der Waals surface area contributed by atoms with E-state index in [4.69, 9.17) is 0 Å². The Labute approximate surface area is 212 Å². The lowest BCUT2D eigenvalue weighted by Gasteiger charge is -2.25. The highest BCUT2D eigenvalue weighted by atomic mass is 16.4. The molecule has 0 aromatic carbocycles. The van der Waals surface area contributed by atoms with Crippen LogP contribution in [0.15, 0.2) is 0 Å². The Morgan fingerprint density at radius 1 is 0.944 bits per heavy atom. The summed E-state index contributed by atoms with van der Waals surface area (Å²) < 4.78 is 0. The Hall–Kier alpha value is -2.69. The van der Waals surface area contributed by atoms with Gasteiger partial charge in [0, 0.05) is 13.0 Å². The van der Waals surface area contributed by atoms with Crippen molar-refractivity contribution in [3.63, 3.8) is 0 Å². The third-order valence-electron chi connectivity index (χ3n) is 7.22. The molecule has 1 aliphatic carbocycles. The number of nitrogens with zero attached hydrogens (tertiary/aromatic N) is 1. The largest absolute Gasteiger partial charge is 0.481 e. The van der Waals surface area contributed by atoms with Crippen molar-refractivity contribution >= 4 is 29.7 Å². The van der Waals surface area contributed by atoms with E-state index < -0.39 is 42.3 Å². The van der Waals surface area contributed by atoms with Gasteiger partial charge in [0.2, 0.25) is 17.7 Å². The summed E-state index contributed by atoms with van der Waals surface area (Å²) in [5.41, 5.74) is 0. The number of likely N-dealkylation sites (N-methyl/N-ethyl adjacent to an activating group) is 1. The molecule has 0 spiro atoms. The second kappa shape index (κ2) is 15.4. The van der Waals surface area contributed by atoms with Gasteiger partial charge in [0.1, 0.15) is 12.1 Å². The molecule has 3 amide bonds. The van der Waals surface area contributed by atoms with Gasteiger partial charge in [-0.25, -0.2) is 4.79 Å². The minimum absolute atomic E-state index is 0.164. The van der Waals surface area contributed by atoms with Crippen molar-refractivity contribution in [2.75, 3.05) is 26.2 Å². The van der Waals surface area contributed by atoms with Crippen LogP contribution >= 0.6 is 0 Å². The van der Waals surface area contributed by atoms with Crippen molar-refractivity contribution in [1.82, 2.24) is 20.9 Å². The highest BCUT2D eigenvalue weighted by Crippen LogP contribution is 2.28. The Bertz CT molecular complexity index is 764. The van der Waals surface area contributed by atoms with E-state index in [0.29, 0.717) is 18.9 Å². The highest BCUT2D eigenvalue weighted by Gasteiger charge is 2.31. The predicted octanol–water partition coefficient (Wildman–Crippen LogP) is 1.11. The van der Waals surface area contributed by atoms with Crippen LogP contribution in [0.2, 0.25) is 0 Å². The molecule has 2 atom stereocenters. The number of rotatable bonds is 15. The summed E-state index contributed by atoms with van der Waals surface area (Å²) in [5, 5.41) is 26.9. The summed E-state index contributed by atoms with van der Waals surface area (Å²) in [6, 6.07) is -2.59. The SMILES string of the molecule is CCN(CC(=O)N[C@@H](CC(=O)O)C(=O)N[C@H](CC1CCCC1)C(=O)O)C(=O)CCCC1CCNCC1. The van der Waals surface area contributed by atoms with Gasteiger partial charge in [-0.3, -0.25) is 19.2 Å². The summed E-state index contributed by atoms with van der Waals surface area (Å²) in [6.07, 6.45) is 7.64. The molecule has 11 heteroatoms. The number of hydrogen-bond acceptors (Lipinski definition) is 6. The highest BCUT2D eigenvalue weighted by molar-refractivity contribution is 5.94. The lowest BCUT2D eigenvalue weighted by molar-refractivity contribution is -0.144. The maximum atomic E-state index is 12.7. The third kappa shape index (κ3) is 10.5. The van der Waals surface area contributed by atoms with Crippen molar-refractivity contribution in [2.24, 2.45) is 11.8 Å². The van der Waals surface area contributed by atoms with Gasteiger partial charge in [0.05, 0.1) is 13.0 Å². The number of piperidine rings is 1. The Kier molecular flexibility index (Phi) is 12.7. The number of nitrogens with one attached hydrogen (secondary N) is 3. The molecule has 2 aliphatic rings. The van der Waals surface area contributed by atoms with E-state index in [9.17, 15) is 34.2 Å². The van der Waals surface area contributed by atoms with Crippen LogP contribution in [-0.4, -0.2) is 83.0 Å². The number of carbonyl (C=O) groups excluding carboxylic acids is 3. The number of amides is 3. The first-order chi connectivity index (χ1) is 17.2. The molecule has 0 unspecified atom stereocenters. The molecule has 1 heterocycles. The summed E-state index contributed by atoms with van der Waals surface area (Å²) in [5.74, 6) is -3.38. The Balaban J connectivity index is 1.87. The summed E-state index contributed by atoms with van der Waals surface area (Å²) in [7, 11) is 0. The van der Waals surface area contributed by atoms with Gasteiger partial charge in [-0.05, 0) is 64.0 Å².